The van der Waals surface area contributed by atoms with Gasteiger partial charge in [0.2, 0.25) is 0 Å². The molecule has 3 heteroatoms. The third kappa shape index (κ3) is 1.41. The summed E-state index contributed by atoms with van der Waals surface area (Å²) >= 11 is 0. The number of hydrogen-bond acceptors (Lipinski definition) is 3. The van der Waals surface area contributed by atoms with Crippen molar-refractivity contribution in [3.8, 4) is 0 Å². The molecule has 5 atom stereocenters. The SMILES string of the molecule is CC1(CO)CC2C(O)C3=C(CO)CCC3(C)C2C1. The molecule has 18 heavy (non-hydrogen) atoms. The van der Waals surface area contributed by atoms with Crippen LogP contribution in [0.2, 0.25) is 0 Å². The number of aliphatic hydroxyl groups excluding tert-OH is 3. The zero-order valence-electron chi connectivity index (χ0n) is 11.3. The fourth-order valence-corrected chi connectivity index (χ4v) is 5.03. The molecule has 3 N–H and O–H groups in total. The molecule has 102 valence electrons. The van der Waals surface area contributed by atoms with Crippen molar-refractivity contribution < 1.29 is 15.3 Å². The van der Waals surface area contributed by atoms with Gasteiger partial charge in [0.25, 0.3) is 0 Å². The maximum atomic E-state index is 10.6. The predicted octanol–water partition coefficient (Wildman–Crippen LogP) is 1.47. The monoisotopic (exact) mass is 252 g/mol. The Hall–Kier alpha value is -0.380. The molecule has 0 bridgehead atoms. The Kier molecular flexibility index (Phi) is 2.68. The van der Waals surface area contributed by atoms with Gasteiger partial charge >= 0.3 is 0 Å². The van der Waals surface area contributed by atoms with Crippen molar-refractivity contribution in [3.63, 3.8) is 0 Å². The lowest BCUT2D eigenvalue weighted by molar-refractivity contribution is 0.113. The molecule has 0 heterocycles. The fraction of sp³-hybridized carbons (Fsp3) is 0.867. The van der Waals surface area contributed by atoms with Crippen LogP contribution in [0.1, 0.15) is 39.5 Å². The molecule has 0 radical (unpaired) electrons. The first-order chi connectivity index (χ1) is 8.45. The molecule has 0 aromatic heterocycles. The van der Waals surface area contributed by atoms with E-state index >= 15 is 0 Å². The topological polar surface area (TPSA) is 60.7 Å². The average molecular weight is 252 g/mol. The van der Waals surface area contributed by atoms with Crippen LogP contribution < -0.4 is 0 Å². The van der Waals surface area contributed by atoms with Crippen LogP contribution in [0.15, 0.2) is 11.1 Å². The van der Waals surface area contributed by atoms with Crippen LogP contribution in [0.25, 0.3) is 0 Å². The van der Waals surface area contributed by atoms with Gasteiger partial charge in [-0.3, -0.25) is 0 Å². The summed E-state index contributed by atoms with van der Waals surface area (Å²) in [6.45, 7) is 4.70. The van der Waals surface area contributed by atoms with Gasteiger partial charge in [0, 0.05) is 6.61 Å². The molecule has 5 unspecified atom stereocenters. The predicted molar refractivity (Wildman–Crippen MR) is 68.9 cm³/mol. The maximum absolute atomic E-state index is 10.6. The highest BCUT2D eigenvalue weighted by Gasteiger charge is 2.61. The molecule has 0 aromatic carbocycles. The van der Waals surface area contributed by atoms with Crippen molar-refractivity contribution in [1.82, 2.24) is 0 Å². The number of fused-ring (bicyclic) bond motifs is 3. The summed E-state index contributed by atoms with van der Waals surface area (Å²) in [5, 5.41) is 29.6. The minimum absolute atomic E-state index is 0.0210. The molecule has 0 saturated heterocycles. The molecular weight excluding hydrogens is 228 g/mol. The lowest BCUT2D eigenvalue weighted by Gasteiger charge is -2.31. The lowest BCUT2D eigenvalue weighted by atomic mass is 9.73. The second kappa shape index (κ2) is 3.81. The summed E-state index contributed by atoms with van der Waals surface area (Å²) < 4.78 is 0. The first-order valence-corrected chi connectivity index (χ1v) is 7.07. The summed E-state index contributed by atoms with van der Waals surface area (Å²) in [4.78, 5) is 0. The minimum Gasteiger partial charge on any atom is -0.396 e. The van der Waals surface area contributed by atoms with Crippen molar-refractivity contribution in [2.75, 3.05) is 13.2 Å². The number of rotatable bonds is 2. The van der Waals surface area contributed by atoms with E-state index in [2.05, 4.69) is 13.8 Å². The largest absolute Gasteiger partial charge is 0.396 e. The van der Waals surface area contributed by atoms with E-state index in [1.165, 1.54) is 0 Å². The van der Waals surface area contributed by atoms with Crippen molar-refractivity contribution in [1.29, 1.82) is 0 Å². The van der Waals surface area contributed by atoms with E-state index in [9.17, 15) is 15.3 Å². The molecule has 3 aliphatic rings. The van der Waals surface area contributed by atoms with Gasteiger partial charge in [-0.1, -0.05) is 13.8 Å². The first-order valence-electron chi connectivity index (χ1n) is 7.07. The van der Waals surface area contributed by atoms with Crippen LogP contribution in [0.4, 0.5) is 0 Å². The van der Waals surface area contributed by atoms with Gasteiger partial charge in [-0.25, -0.2) is 0 Å². The third-order valence-corrected chi connectivity index (χ3v) is 5.99. The van der Waals surface area contributed by atoms with Crippen molar-refractivity contribution in [2.45, 2.75) is 45.6 Å². The quantitative estimate of drug-likeness (QED) is 0.652. The molecular formula is C15H24O3. The number of hydrogen-bond donors (Lipinski definition) is 3. The average Bonchev–Trinajstić information content (AvgIpc) is 2.93. The standard InChI is InChI=1S/C15H24O3/c1-14(8-17)5-10-11(6-14)15(2)4-3-9(7-16)12(15)13(10)18/h10-11,13,16-18H,3-8H2,1-2H3. The normalized spacial score (nSPS) is 50.8. The first kappa shape index (κ1) is 12.6. The molecule has 2 saturated carbocycles. The molecule has 0 amide bonds. The van der Waals surface area contributed by atoms with Gasteiger partial charge in [-0.05, 0) is 59.5 Å². The van der Waals surface area contributed by atoms with E-state index < -0.39 is 6.10 Å². The van der Waals surface area contributed by atoms with Gasteiger partial charge in [0.15, 0.2) is 0 Å². The highest BCUT2D eigenvalue weighted by Crippen LogP contribution is 2.66. The summed E-state index contributed by atoms with van der Waals surface area (Å²) in [5.41, 5.74) is 2.26. The van der Waals surface area contributed by atoms with Crippen molar-refractivity contribution in [2.24, 2.45) is 22.7 Å². The highest BCUT2D eigenvalue weighted by molar-refractivity contribution is 5.38. The van der Waals surface area contributed by atoms with E-state index in [0.29, 0.717) is 5.92 Å². The minimum atomic E-state index is -0.391. The summed E-state index contributed by atoms with van der Waals surface area (Å²) in [6.07, 6.45) is 3.51. The summed E-state index contributed by atoms with van der Waals surface area (Å²) in [7, 11) is 0. The Morgan fingerprint density at radius 2 is 1.94 bits per heavy atom. The number of aliphatic hydroxyl groups is 3. The molecule has 0 spiro atoms. The smallest absolute Gasteiger partial charge is 0.0790 e. The lowest BCUT2D eigenvalue weighted by Crippen LogP contribution is -2.26. The van der Waals surface area contributed by atoms with Crippen molar-refractivity contribution >= 4 is 0 Å². The zero-order valence-corrected chi connectivity index (χ0v) is 11.3. The van der Waals surface area contributed by atoms with Gasteiger partial charge < -0.3 is 15.3 Å². The Morgan fingerprint density at radius 3 is 2.56 bits per heavy atom. The van der Waals surface area contributed by atoms with E-state index in [-0.39, 0.29) is 30.0 Å². The maximum Gasteiger partial charge on any atom is 0.0790 e. The van der Waals surface area contributed by atoms with Crippen LogP contribution in [0.3, 0.4) is 0 Å². The van der Waals surface area contributed by atoms with Gasteiger partial charge in [-0.15, -0.1) is 0 Å². The Labute approximate surface area is 109 Å². The molecule has 3 rings (SSSR count). The Morgan fingerprint density at radius 1 is 1.22 bits per heavy atom. The van der Waals surface area contributed by atoms with Gasteiger partial charge in [-0.2, -0.15) is 0 Å². The van der Waals surface area contributed by atoms with Crippen molar-refractivity contribution in [3.05, 3.63) is 11.1 Å². The van der Waals surface area contributed by atoms with Crippen LogP contribution in [0.5, 0.6) is 0 Å². The van der Waals surface area contributed by atoms with E-state index in [0.717, 1.165) is 36.8 Å². The molecule has 0 aliphatic heterocycles. The van der Waals surface area contributed by atoms with Gasteiger partial charge in [0.1, 0.15) is 0 Å². The van der Waals surface area contributed by atoms with E-state index in [1.54, 1.807) is 0 Å². The summed E-state index contributed by atoms with van der Waals surface area (Å²) in [5.74, 6) is 0.757. The fourth-order valence-electron chi connectivity index (χ4n) is 5.03. The molecule has 3 nitrogen and oxygen atoms in total. The van der Waals surface area contributed by atoms with Crippen LogP contribution >= 0.6 is 0 Å². The van der Waals surface area contributed by atoms with Crippen LogP contribution in [0, 0.1) is 22.7 Å². The van der Waals surface area contributed by atoms with Crippen LogP contribution in [-0.4, -0.2) is 34.6 Å². The molecule has 3 aliphatic carbocycles. The second-order valence-corrected chi connectivity index (χ2v) is 7.19. The molecule has 2 fully saturated rings. The van der Waals surface area contributed by atoms with Gasteiger partial charge in [0.05, 0.1) is 12.7 Å². The van der Waals surface area contributed by atoms with E-state index in [1.807, 2.05) is 0 Å². The Balaban J connectivity index is 1.99. The highest BCUT2D eigenvalue weighted by atomic mass is 16.3. The third-order valence-electron chi connectivity index (χ3n) is 5.99. The second-order valence-electron chi connectivity index (χ2n) is 7.19. The zero-order chi connectivity index (χ0) is 13.1. The van der Waals surface area contributed by atoms with Crippen LogP contribution in [-0.2, 0) is 0 Å². The Bertz CT molecular complexity index is 403. The molecule has 0 aromatic rings. The summed E-state index contributed by atoms with van der Waals surface area (Å²) in [6, 6.07) is 0. The van der Waals surface area contributed by atoms with E-state index in [4.69, 9.17) is 0 Å².